The average Bonchev–Trinajstić information content (AvgIpc) is 3.11. The number of ether oxygens (including phenoxy) is 2. The number of amides is 1. The first-order chi connectivity index (χ1) is 13.1. The van der Waals surface area contributed by atoms with Gasteiger partial charge in [0.15, 0.2) is 22.7 Å². The number of halogens is 1. The number of nitrogens with one attached hydrogen (secondary N) is 1. The Hall–Kier alpha value is -2.57. The fourth-order valence-electron chi connectivity index (χ4n) is 2.44. The molecule has 0 aliphatic rings. The second kappa shape index (κ2) is 8.88. The van der Waals surface area contributed by atoms with Crippen molar-refractivity contribution in [3.63, 3.8) is 0 Å². The zero-order valence-electron chi connectivity index (χ0n) is 14.9. The van der Waals surface area contributed by atoms with E-state index in [2.05, 4.69) is 10.3 Å². The number of anilines is 1. The maximum absolute atomic E-state index is 12.4. The summed E-state index contributed by atoms with van der Waals surface area (Å²) in [4.78, 5) is 17.7. The largest absolute Gasteiger partial charge is 0.493 e. The van der Waals surface area contributed by atoms with E-state index in [9.17, 15) is 4.79 Å². The lowest BCUT2D eigenvalue weighted by Crippen LogP contribution is -2.30. The number of aromatic nitrogens is 1. The van der Waals surface area contributed by atoms with E-state index in [0.717, 1.165) is 15.5 Å². The first kappa shape index (κ1) is 19.2. The van der Waals surface area contributed by atoms with Gasteiger partial charge in [0.05, 0.1) is 7.11 Å². The summed E-state index contributed by atoms with van der Waals surface area (Å²) < 4.78 is 10.9. The number of nitrogens with zero attached hydrogens (tertiary/aromatic N) is 1. The molecule has 3 aromatic rings. The Labute approximate surface area is 166 Å². The lowest BCUT2D eigenvalue weighted by atomic mass is 10.1. The first-order valence-corrected chi connectivity index (χ1v) is 9.55. The summed E-state index contributed by atoms with van der Waals surface area (Å²) in [6.07, 6.45) is 1.72. The summed E-state index contributed by atoms with van der Waals surface area (Å²) in [6.45, 7) is 1.68. The van der Waals surface area contributed by atoms with Gasteiger partial charge >= 0.3 is 0 Å². The molecule has 27 heavy (non-hydrogen) atoms. The average molecular weight is 403 g/mol. The van der Waals surface area contributed by atoms with Gasteiger partial charge in [0, 0.05) is 22.5 Å². The molecule has 0 saturated carbocycles. The number of hydrogen-bond donors (Lipinski definition) is 1. The predicted octanol–water partition coefficient (Wildman–Crippen LogP) is 4.80. The Kier molecular flexibility index (Phi) is 6.32. The highest BCUT2D eigenvalue weighted by Crippen LogP contribution is 2.28. The maximum atomic E-state index is 12.4. The molecule has 0 saturated heterocycles. The van der Waals surface area contributed by atoms with Crippen molar-refractivity contribution >= 4 is 34.0 Å². The number of carbonyl (C=O) groups is 1. The van der Waals surface area contributed by atoms with Crippen LogP contribution in [0.5, 0.6) is 11.5 Å². The molecule has 0 bridgehead atoms. The fourth-order valence-corrected chi connectivity index (χ4v) is 3.48. The van der Waals surface area contributed by atoms with Crippen LogP contribution < -0.4 is 14.8 Å². The third-order valence-corrected chi connectivity index (χ3v) is 5.13. The number of hydrogen-bond acceptors (Lipinski definition) is 5. The summed E-state index contributed by atoms with van der Waals surface area (Å²) in [6, 6.07) is 14.9. The molecule has 1 atom stereocenters. The summed E-state index contributed by atoms with van der Waals surface area (Å²) in [5.41, 5.74) is 1.02. The van der Waals surface area contributed by atoms with Crippen LogP contribution in [0.3, 0.4) is 0 Å². The molecule has 5 nitrogen and oxygen atoms in total. The Morgan fingerprint density at radius 2 is 1.89 bits per heavy atom. The molecule has 0 aliphatic heterocycles. The Balaban J connectivity index is 1.61. The number of methoxy groups -OCH3 is 1. The van der Waals surface area contributed by atoms with Crippen molar-refractivity contribution in [3.05, 3.63) is 70.2 Å². The molecule has 0 aliphatic carbocycles. The summed E-state index contributed by atoms with van der Waals surface area (Å²) in [5, 5.41) is 4.03. The monoisotopic (exact) mass is 402 g/mol. The molecule has 1 aromatic heterocycles. The van der Waals surface area contributed by atoms with Crippen LogP contribution in [0.2, 0.25) is 5.02 Å². The van der Waals surface area contributed by atoms with Gasteiger partial charge in [-0.05, 0) is 30.7 Å². The van der Waals surface area contributed by atoms with Crippen molar-refractivity contribution < 1.29 is 14.3 Å². The fraction of sp³-hybridized carbons (Fsp3) is 0.200. The molecule has 0 radical (unpaired) electrons. The van der Waals surface area contributed by atoms with Crippen LogP contribution in [0.15, 0.2) is 54.7 Å². The van der Waals surface area contributed by atoms with E-state index in [1.54, 1.807) is 32.4 Å². The molecule has 2 aromatic carbocycles. The van der Waals surface area contributed by atoms with Crippen LogP contribution in [-0.2, 0) is 11.2 Å². The molecule has 1 heterocycles. The minimum absolute atomic E-state index is 0.278. The highest BCUT2D eigenvalue weighted by molar-refractivity contribution is 7.15. The number of benzene rings is 2. The van der Waals surface area contributed by atoms with Gasteiger partial charge in [0.2, 0.25) is 0 Å². The lowest BCUT2D eigenvalue weighted by molar-refractivity contribution is -0.122. The topological polar surface area (TPSA) is 60.5 Å². The smallest absolute Gasteiger partial charge is 0.266 e. The van der Waals surface area contributed by atoms with Gasteiger partial charge in [-0.25, -0.2) is 4.98 Å². The van der Waals surface area contributed by atoms with Gasteiger partial charge in [-0.1, -0.05) is 41.9 Å². The van der Waals surface area contributed by atoms with Gasteiger partial charge in [-0.15, -0.1) is 11.3 Å². The van der Waals surface area contributed by atoms with Crippen LogP contribution in [0.4, 0.5) is 5.13 Å². The second-order valence-electron chi connectivity index (χ2n) is 5.80. The molecule has 140 valence electrons. The van der Waals surface area contributed by atoms with E-state index in [1.165, 1.54) is 11.3 Å². The Bertz CT molecular complexity index is 929. The van der Waals surface area contributed by atoms with Crippen molar-refractivity contribution in [2.24, 2.45) is 0 Å². The minimum Gasteiger partial charge on any atom is -0.493 e. The molecule has 1 N–H and O–H groups in total. The second-order valence-corrected chi connectivity index (χ2v) is 7.32. The minimum atomic E-state index is -0.697. The molecule has 3 rings (SSSR count). The predicted molar refractivity (Wildman–Crippen MR) is 108 cm³/mol. The summed E-state index contributed by atoms with van der Waals surface area (Å²) >= 11 is 7.61. The van der Waals surface area contributed by atoms with E-state index in [1.807, 2.05) is 36.4 Å². The summed E-state index contributed by atoms with van der Waals surface area (Å²) in [7, 11) is 1.56. The van der Waals surface area contributed by atoms with Crippen LogP contribution in [0, 0.1) is 0 Å². The number of rotatable bonds is 7. The van der Waals surface area contributed by atoms with E-state index in [4.69, 9.17) is 21.1 Å². The van der Waals surface area contributed by atoms with E-state index in [0.29, 0.717) is 23.1 Å². The maximum Gasteiger partial charge on any atom is 0.266 e. The highest BCUT2D eigenvalue weighted by Gasteiger charge is 2.18. The van der Waals surface area contributed by atoms with Crippen LogP contribution in [0.1, 0.15) is 17.4 Å². The number of thiazole rings is 1. The molecular formula is C20H19ClN2O3S. The Morgan fingerprint density at radius 3 is 2.63 bits per heavy atom. The highest BCUT2D eigenvalue weighted by atomic mass is 35.5. The summed E-state index contributed by atoms with van der Waals surface area (Å²) in [5.74, 6) is 0.814. The van der Waals surface area contributed by atoms with E-state index < -0.39 is 6.10 Å². The zero-order chi connectivity index (χ0) is 19.2. The van der Waals surface area contributed by atoms with Crippen molar-refractivity contribution in [1.82, 2.24) is 4.98 Å². The van der Waals surface area contributed by atoms with E-state index >= 15 is 0 Å². The quantitative estimate of drug-likeness (QED) is 0.616. The molecule has 7 heteroatoms. The van der Waals surface area contributed by atoms with Crippen molar-refractivity contribution in [2.75, 3.05) is 12.4 Å². The molecule has 0 fully saturated rings. The van der Waals surface area contributed by atoms with Crippen LogP contribution in [0.25, 0.3) is 0 Å². The van der Waals surface area contributed by atoms with Gasteiger partial charge in [0.25, 0.3) is 5.91 Å². The van der Waals surface area contributed by atoms with Gasteiger partial charge in [-0.3, -0.25) is 10.1 Å². The van der Waals surface area contributed by atoms with Gasteiger partial charge in [-0.2, -0.15) is 0 Å². The van der Waals surface area contributed by atoms with E-state index in [-0.39, 0.29) is 5.91 Å². The SMILES string of the molecule is COc1ccccc1OC(C)C(=O)Nc1ncc(Cc2ccccc2Cl)s1. The van der Waals surface area contributed by atoms with Gasteiger partial charge in [0.1, 0.15) is 0 Å². The van der Waals surface area contributed by atoms with Crippen molar-refractivity contribution in [1.29, 1.82) is 0 Å². The number of para-hydroxylation sites is 2. The van der Waals surface area contributed by atoms with Crippen molar-refractivity contribution in [3.8, 4) is 11.5 Å². The van der Waals surface area contributed by atoms with Crippen LogP contribution in [-0.4, -0.2) is 24.1 Å². The zero-order valence-corrected chi connectivity index (χ0v) is 16.5. The molecular weight excluding hydrogens is 384 g/mol. The normalized spacial score (nSPS) is 11.7. The Morgan fingerprint density at radius 1 is 1.19 bits per heavy atom. The van der Waals surface area contributed by atoms with Gasteiger partial charge < -0.3 is 9.47 Å². The molecule has 1 amide bonds. The standard InChI is InChI=1S/C20H19ClN2O3S/c1-13(26-18-10-6-5-9-17(18)25-2)19(24)23-20-22-12-15(27-20)11-14-7-3-4-8-16(14)21/h3-10,12-13H,11H2,1-2H3,(H,22,23,24). The molecule has 0 spiro atoms. The third-order valence-electron chi connectivity index (χ3n) is 3.85. The third kappa shape index (κ3) is 4.99. The van der Waals surface area contributed by atoms with Crippen molar-refractivity contribution in [2.45, 2.75) is 19.4 Å². The van der Waals surface area contributed by atoms with Crippen LogP contribution >= 0.6 is 22.9 Å². The first-order valence-electron chi connectivity index (χ1n) is 8.35. The number of carbonyl (C=O) groups excluding carboxylic acids is 1. The lowest BCUT2D eigenvalue weighted by Gasteiger charge is -2.15. The molecule has 1 unspecified atom stereocenters.